The number of hydrogen-bond donors (Lipinski definition) is 1. The Morgan fingerprint density at radius 3 is 2.42 bits per heavy atom. The third kappa shape index (κ3) is 2.75. The lowest BCUT2D eigenvalue weighted by Gasteiger charge is -2.08. The van der Waals surface area contributed by atoms with Crippen LogP contribution in [0.5, 0.6) is 0 Å². The average molecular weight is 343 g/mol. The third-order valence-electron chi connectivity index (χ3n) is 4.43. The van der Waals surface area contributed by atoms with Crippen LogP contribution in [0.25, 0.3) is 21.7 Å². The summed E-state index contributed by atoms with van der Waals surface area (Å²) in [5.74, 6) is 0.755. The molecule has 0 saturated heterocycles. The van der Waals surface area contributed by atoms with E-state index in [9.17, 15) is 4.79 Å². The summed E-state index contributed by atoms with van der Waals surface area (Å²) in [5.41, 5.74) is 3.30. The summed E-state index contributed by atoms with van der Waals surface area (Å²) in [7, 11) is 0. The van der Waals surface area contributed by atoms with Gasteiger partial charge in [0.1, 0.15) is 0 Å². The Morgan fingerprint density at radius 1 is 0.846 bits per heavy atom. The van der Waals surface area contributed by atoms with E-state index in [1.807, 2.05) is 51.1 Å². The summed E-state index contributed by atoms with van der Waals surface area (Å²) in [6.07, 6.45) is 0. The van der Waals surface area contributed by atoms with E-state index in [-0.39, 0.29) is 11.5 Å². The van der Waals surface area contributed by atoms with Gasteiger partial charge in [-0.15, -0.1) is 10.2 Å². The quantitative estimate of drug-likeness (QED) is 0.599. The zero-order valence-corrected chi connectivity index (χ0v) is 14.7. The molecule has 4 rings (SSSR count). The highest BCUT2D eigenvalue weighted by atomic mass is 16.1. The zero-order valence-electron chi connectivity index (χ0n) is 14.7. The summed E-state index contributed by atoms with van der Waals surface area (Å²) in [6.45, 7) is 5.85. The smallest absolute Gasteiger partial charge is 0.280 e. The van der Waals surface area contributed by atoms with Gasteiger partial charge in [0.05, 0.1) is 10.9 Å². The highest BCUT2D eigenvalue weighted by Crippen LogP contribution is 2.24. The van der Waals surface area contributed by atoms with E-state index in [1.165, 1.54) is 0 Å². The van der Waals surface area contributed by atoms with Crippen molar-refractivity contribution in [3.8, 4) is 0 Å². The lowest BCUT2D eigenvalue weighted by atomic mass is 10.1. The standard InChI is InChI=1S/C20H17N5O/c1-11-8-9-17-16(10-11)12(2)18(25-24-17)22-20-21-13(3)14-6-4-5-7-15(14)19(26)23-20/h4-10H,1-3H3,(H,22,23,25,26). The fourth-order valence-corrected chi connectivity index (χ4v) is 3.01. The molecule has 0 atom stereocenters. The average Bonchev–Trinajstić information content (AvgIpc) is 2.75. The molecular formula is C20H17N5O. The summed E-state index contributed by atoms with van der Waals surface area (Å²) >= 11 is 0. The largest absolute Gasteiger partial charge is 0.307 e. The highest BCUT2D eigenvalue weighted by Gasteiger charge is 2.10. The molecule has 128 valence electrons. The van der Waals surface area contributed by atoms with Gasteiger partial charge in [0.15, 0.2) is 5.82 Å². The molecule has 2 heterocycles. The highest BCUT2D eigenvalue weighted by molar-refractivity contribution is 5.86. The Hall–Kier alpha value is -3.41. The number of hydrogen-bond acceptors (Lipinski definition) is 6. The van der Waals surface area contributed by atoms with Crippen LogP contribution in [0, 0.1) is 20.8 Å². The molecule has 6 nitrogen and oxygen atoms in total. The van der Waals surface area contributed by atoms with Crippen LogP contribution in [0.1, 0.15) is 16.8 Å². The number of nitrogens with one attached hydrogen (secondary N) is 1. The van der Waals surface area contributed by atoms with E-state index in [4.69, 9.17) is 0 Å². The Balaban J connectivity index is 1.87. The van der Waals surface area contributed by atoms with Crippen LogP contribution >= 0.6 is 0 Å². The van der Waals surface area contributed by atoms with Crippen LogP contribution in [0.4, 0.5) is 11.8 Å². The van der Waals surface area contributed by atoms with Gasteiger partial charge in [-0.3, -0.25) is 4.79 Å². The van der Waals surface area contributed by atoms with Gasteiger partial charge in [0, 0.05) is 22.0 Å². The molecule has 0 aliphatic heterocycles. The second-order valence-electron chi connectivity index (χ2n) is 6.30. The molecule has 6 heteroatoms. The van der Waals surface area contributed by atoms with E-state index < -0.39 is 0 Å². The fraction of sp³-hybridized carbons (Fsp3) is 0.150. The lowest BCUT2D eigenvalue weighted by Crippen LogP contribution is -2.07. The molecule has 0 bridgehead atoms. The maximum atomic E-state index is 12.5. The number of fused-ring (bicyclic) bond motifs is 2. The van der Waals surface area contributed by atoms with E-state index >= 15 is 0 Å². The number of nitrogens with zero attached hydrogens (tertiary/aromatic N) is 4. The van der Waals surface area contributed by atoms with Crippen LogP contribution < -0.4 is 10.9 Å². The van der Waals surface area contributed by atoms with Crippen molar-refractivity contribution in [2.75, 3.05) is 5.32 Å². The van der Waals surface area contributed by atoms with Crippen LogP contribution in [-0.4, -0.2) is 20.2 Å². The molecule has 2 aromatic heterocycles. The minimum atomic E-state index is -0.328. The lowest BCUT2D eigenvalue weighted by molar-refractivity contribution is 1.05. The molecular weight excluding hydrogens is 326 g/mol. The van der Waals surface area contributed by atoms with E-state index in [0.717, 1.165) is 33.1 Å². The maximum absolute atomic E-state index is 12.5. The van der Waals surface area contributed by atoms with Crippen molar-refractivity contribution < 1.29 is 0 Å². The Kier molecular flexibility index (Phi) is 3.80. The van der Waals surface area contributed by atoms with Gasteiger partial charge in [-0.05, 0) is 39.0 Å². The molecule has 0 unspecified atom stereocenters. The molecule has 0 aliphatic carbocycles. The monoisotopic (exact) mass is 343 g/mol. The maximum Gasteiger partial charge on any atom is 0.280 e. The van der Waals surface area contributed by atoms with Gasteiger partial charge in [0.25, 0.3) is 5.56 Å². The second-order valence-corrected chi connectivity index (χ2v) is 6.30. The van der Waals surface area contributed by atoms with Gasteiger partial charge < -0.3 is 5.32 Å². The number of benzene rings is 2. The van der Waals surface area contributed by atoms with Gasteiger partial charge in [-0.2, -0.15) is 4.98 Å². The Morgan fingerprint density at radius 2 is 1.62 bits per heavy atom. The number of aryl methyl sites for hydroxylation is 3. The van der Waals surface area contributed by atoms with Gasteiger partial charge in [-0.1, -0.05) is 29.8 Å². The number of anilines is 2. The van der Waals surface area contributed by atoms with Crippen LogP contribution in [0.15, 0.2) is 47.3 Å². The third-order valence-corrected chi connectivity index (χ3v) is 4.43. The van der Waals surface area contributed by atoms with Crippen LogP contribution in [0.2, 0.25) is 0 Å². The minimum absolute atomic E-state index is 0.216. The molecule has 26 heavy (non-hydrogen) atoms. The van der Waals surface area contributed by atoms with Crippen molar-refractivity contribution in [2.45, 2.75) is 20.8 Å². The first-order chi connectivity index (χ1) is 12.5. The predicted molar refractivity (Wildman–Crippen MR) is 103 cm³/mol. The minimum Gasteiger partial charge on any atom is -0.307 e. The molecule has 0 fully saturated rings. The Labute approximate surface area is 150 Å². The molecule has 1 N–H and O–H groups in total. The van der Waals surface area contributed by atoms with E-state index in [1.54, 1.807) is 6.07 Å². The molecule has 2 aromatic carbocycles. The number of rotatable bonds is 2. The zero-order chi connectivity index (χ0) is 18.3. The first kappa shape index (κ1) is 16.1. The molecule has 0 radical (unpaired) electrons. The number of aromatic nitrogens is 4. The molecule has 0 saturated carbocycles. The topological polar surface area (TPSA) is 80.7 Å². The van der Waals surface area contributed by atoms with Gasteiger partial charge in [0.2, 0.25) is 5.95 Å². The van der Waals surface area contributed by atoms with Gasteiger partial charge in [-0.25, -0.2) is 4.98 Å². The van der Waals surface area contributed by atoms with Gasteiger partial charge >= 0.3 is 0 Å². The second kappa shape index (κ2) is 6.15. The Bertz CT molecular complexity index is 1220. The van der Waals surface area contributed by atoms with Crippen molar-refractivity contribution in [2.24, 2.45) is 0 Å². The SMILES string of the molecule is Cc1ccc2nnc(Nc3nc(C)c4ccccc4c(=O)n3)c(C)c2c1. The molecule has 0 aliphatic rings. The van der Waals surface area contributed by atoms with Crippen molar-refractivity contribution in [1.29, 1.82) is 0 Å². The first-order valence-corrected chi connectivity index (χ1v) is 8.31. The first-order valence-electron chi connectivity index (χ1n) is 8.31. The summed E-state index contributed by atoms with van der Waals surface area (Å²) in [4.78, 5) is 21.0. The summed E-state index contributed by atoms with van der Waals surface area (Å²) < 4.78 is 0. The fourth-order valence-electron chi connectivity index (χ4n) is 3.01. The van der Waals surface area contributed by atoms with Crippen molar-refractivity contribution >= 4 is 33.4 Å². The summed E-state index contributed by atoms with van der Waals surface area (Å²) in [6, 6.07) is 13.3. The normalized spacial score (nSPS) is 11.0. The molecule has 0 spiro atoms. The van der Waals surface area contributed by atoms with Crippen LogP contribution in [-0.2, 0) is 0 Å². The van der Waals surface area contributed by atoms with Crippen molar-refractivity contribution in [3.63, 3.8) is 0 Å². The van der Waals surface area contributed by atoms with Crippen LogP contribution in [0.3, 0.4) is 0 Å². The molecule has 4 aromatic rings. The van der Waals surface area contributed by atoms with Crippen molar-refractivity contribution in [3.05, 3.63) is 69.6 Å². The van der Waals surface area contributed by atoms with E-state index in [2.05, 4.69) is 31.5 Å². The molecule has 0 amide bonds. The van der Waals surface area contributed by atoms with E-state index in [0.29, 0.717) is 11.2 Å². The summed E-state index contributed by atoms with van der Waals surface area (Å²) in [5, 5.41) is 13.9. The predicted octanol–water partition coefficient (Wildman–Crippen LogP) is 3.60. The van der Waals surface area contributed by atoms with Crippen molar-refractivity contribution in [1.82, 2.24) is 20.2 Å².